The van der Waals surface area contributed by atoms with Gasteiger partial charge >= 0.3 is 0 Å². The molecule has 78 valence electrons. The zero-order chi connectivity index (χ0) is 10.5. The number of imidazole rings is 1. The largest absolute Gasteiger partial charge is 0.334 e. The molecule has 15 heavy (non-hydrogen) atoms. The van der Waals surface area contributed by atoms with E-state index < -0.39 is 0 Å². The molecule has 2 aromatic heterocycles. The molecular formula is C11H12ClN3. The molecular weight excluding hydrogens is 210 g/mol. The molecule has 4 heteroatoms. The molecule has 0 aromatic carbocycles. The summed E-state index contributed by atoms with van der Waals surface area (Å²) in [6.07, 6.45) is 8.34. The van der Waals surface area contributed by atoms with Gasteiger partial charge < -0.3 is 4.57 Å². The van der Waals surface area contributed by atoms with Crippen molar-refractivity contribution in [2.75, 3.05) is 0 Å². The number of alkyl halides is 1. The van der Waals surface area contributed by atoms with Crippen LogP contribution in [-0.4, -0.2) is 14.5 Å². The summed E-state index contributed by atoms with van der Waals surface area (Å²) in [5, 5.41) is 0. The number of nitrogens with zero attached hydrogens (tertiary/aromatic N) is 3. The Morgan fingerprint density at radius 3 is 2.73 bits per heavy atom. The van der Waals surface area contributed by atoms with Gasteiger partial charge in [-0.15, -0.1) is 11.6 Å². The number of halogens is 1. The summed E-state index contributed by atoms with van der Waals surface area (Å²) in [6.45, 7) is 0.909. The van der Waals surface area contributed by atoms with Crippen LogP contribution < -0.4 is 0 Å². The Hall–Kier alpha value is -1.35. The number of hydrogen-bond donors (Lipinski definition) is 0. The Morgan fingerprint density at radius 2 is 2.00 bits per heavy atom. The van der Waals surface area contributed by atoms with Crippen molar-refractivity contribution in [3.05, 3.63) is 48.3 Å². The third kappa shape index (κ3) is 2.57. The van der Waals surface area contributed by atoms with Crippen molar-refractivity contribution in [2.24, 2.45) is 0 Å². The van der Waals surface area contributed by atoms with Crippen molar-refractivity contribution < 1.29 is 0 Å². The molecule has 0 aliphatic carbocycles. The zero-order valence-corrected chi connectivity index (χ0v) is 9.06. The average Bonchev–Trinajstić information content (AvgIpc) is 2.75. The van der Waals surface area contributed by atoms with E-state index in [0.29, 0.717) is 5.88 Å². The Balaban J connectivity index is 1.99. The van der Waals surface area contributed by atoms with Gasteiger partial charge in [0.05, 0.1) is 5.88 Å². The maximum Gasteiger partial charge on any atom is 0.123 e. The first kappa shape index (κ1) is 10.2. The molecule has 0 spiro atoms. The minimum Gasteiger partial charge on any atom is -0.334 e. The molecule has 0 amide bonds. The van der Waals surface area contributed by atoms with Crippen LogP contribution in [0.2, 0.25) is 0 Å². The van der Waals surface area contributed by atoms with Gasteiger partial charge in [0.25, 0.3) is 0 Å². The lowest BCUT2D eigenvalue weighted by atomic mass is 10.2. The average molecular weight is 222 g/mol. The maximum atomic E-state index is 5.76. The lowest BCUT2D eigenvalue weighted by molar-refractivity contribution is 0.668. The van der Waals surface area contributed by atoms with Gasteiger partial charge in [0.15, 0.2) is 0 Å². The summed E-state index contributed by atoms with van der Waals surface area (Å²) in [4.78, 5) is 8.15. The predicted molar refractivity (Wildman–Crippen MR) is 59.7 cm³/mol. The highest BCUT2D eigenvalue weighted by Crippen LogP contribution is 2.05. The summed E-state index contributed by atoms with van der Waals surface area (Å²) in [7, 11) is 0. The molecule has 0 aliphatic rings. The quantitative estimate of drug-likeness (QED) is 0.742. The van der Waals surface area contributed by atoms with Crippen molar-refractivity contribution in [1.29, 1.82) is 0 Å². The Bertz CT molecular complexity index is 411. The normalized spacial score (nSPS) is 10.5. The summed E-state index contributed by atoms with van der Waals surface area (Å²) in [6, 6.07) is 4.05. The second-order valence-electron chi connectivity index (χ2n) is 3.28. The van der Waals surface area contributed by atoms with Crippen LogP contribution in [0, 0.1) is 0 Å². The Kier molecular flexibility index (Phi) is 3.35. The van der Waals surface area contributed by atoms with E-state index in [-0.39, 0.29) is 0 Å². The van der Waals surface area contributed by atoms with Gasteiger partial charge in [-0.3, -0.25) is 4.98 Å². The first-order valence-electron chi connectivity index (χ1n) is 4.85. The van der Waals surface area contributed by atoms with E-state index in [9.17, 15) is 0 Å². The number of hydrogen-bond acceptors (Lipinski definition) is 2. The molecule has 2 aromatic rings. The third-order valence-corrected chi connectivity index (χ3v) is 2.55. The molecule has 0 saturated carbocycles. The zero-order valence-electron chi connectivity index (χ0n) is 8.31. The fraction of sp³-hybridized carbons (Fsp3) is 0.273. The van der Waals surface area contributed by atoms with E-state index in [1.807, 2.05) is 30.7 Å². The van der Waals surface area contributed by atoms with Gasteiger partial charge in [-0.25, -0.2) is 4.98 Å². The fourth-order valence-electron chi connectivity index (χ4n) is 1.47. The van der Waals surface area contributed by atoms with Gasteiger partial charge in [-0.1, -0.05) is 0 Å². The van der Waals surface area contributed by atoms with Crippen molar-refractivity contribution in [3.8, 4) is 0 Å². The summed E-state index contributed by atoms with van der Waals surface area (Å²) >= 11 is 5.76. The van der Waals surface area contributed by atoms with Gasteiger partial charge in [0, 0.05) is 31.3 Å². The van der Waals surface area contributed by atoms with Crippen LogP contribution >= 0.6 is 11.6 Å². The van der Waals surface area contributed by atoms with E-state index in [1.54, 1.807) is 6.20 Å². The SMILES string of the molecule is ClCc1nccn1CCc1ccncc1. The number of aryl methyl sites for hydroxylation is 2. The van der Waals surface area contributed by atoms with Crippen LogP contribution in [0.1, 0.15) is 11.4 Å². The Labute approximate surface area is 93.7 Å². The van der Waals surface area contributed by atoms with Gasteiger partial charge in [-0.05, 0) is 24.1 Å². The van der Waals surface area contributed by atoms with Crippen LogP contribution in [-0.2, 0) is 18.8 Å². The molecule has 0 unspecified atom stereocenters. The van der Waals surface area contributed by atoms with E-state index in [2.05, 4.69) is 14.5 Å². The summed E-state index contributed by atoms with van der Waals surface area (Å²) < 4.78 is 2.08. The van der Waals surface area contributed by atoms with Crippen LogP contribution in [0.25, 0.3) is 0 Å². The highest BCUT2D eigenvalue weighted by atomic mass is 35.5. The van der Waals surface area contributed by atoms with Crippen molar-refractivity contribution >= 4 is 11.6 Å². The molecule has 0 bridgehead atoms. The molecule has 0 N–H and O–H groups in total. The lowest BCUT2D eigenvalue weighted by Gasteiger charge is -2.05. The van der Waals surface area contributed by atoms with E-state index in [4.69, 9.17) is 11.6 Å². The van der Waals surface area contributed by atoms with Gasteiger partial charge in [0.2, 0.25) is 0 Å². The smallest absolute Gasteiger partial charge is 0.123 e. The number of rotatable bonds is 4. The number of pyridine rings is 1. The fourth-order valence-corrected chi connectivity index (χ4v) is 1.70. The van der Waals surface area contributed by atoms with Crippen LogP contribution in [0.15, 0.2) is 36.9 Å². The monoisotopic (exact) mass is 221 g/mol. The topological polar surface area (TPSA) is 30.7 Å². The molecule has 0 fully saturated rings. The standard InChI is InChI=1S/C11H12ClN3/c12-9-11-14-6-8-15(11)7-3-10-1-4-13-5-2-10/h1-2,4-6,8H,3,7,9H2. The van der Waals surface area contributed by atoms with Crippen LogP contribution in [0.4, 0.5) is 0 Å². The molecule has 2 rings (SSSR count). The predicted octanol–water partition coefficient (Wildman–Crippen LogP) is 2.26. The van der Waals surface area contributed by atoms with Crippen molar-refractivity contribution in [3.63, 3.8) is 0 Å². The van der Waals surface area contributed by atoms with E-state index >= 15 is 0 Å². The summed E-state index contributed by atoms with van der Waals surface area (Å²) in [5.74, 6) is 1.38. The van der Waals surface area contributed by atoms with Crippen molar-refractivity contribution in [1.82, 2.24) is 14.5 Å². The summed E-state index contributed by atoms with van der Waals surface area (Å²) in [5.41, 5.74) is 1.28. The molecule has 0 atom stereocenters. The first-order valence-corrected chi connectivity index (χ1v) is 5.38. The molecule has 2 heterocycles. The first-order chi connectivity index (χ1) is 7.40. The maximum absolute atomic E-state index is 5.76. The minimum atomic E-state index is 0.462. The van der Waals surface area contributed by atoms with E-state index in [0.717, 1.165) is 18.8 Å². The Morgan fingerprint density at radius 1 is 1.20 bits per heavy atom. The van der Waals surface area contributed by atoms with Crippen molar-refractivity contribution in [2.45, 2.75) is 18.8 Å². The van der Waals surface area contributed by atoms with E-state index in [1.165, 1.54) is 5.56 Å². The van der Waals surface area contributed by atoms with Crippen LogP contribution in [0.5, 0.6) is 0 Å². The molecule has 0 saturated heterocycles. The van der Waals surface area contributed by atoms with Gasteiger partial charge in [-0.2, -0.15) is 0 Å². The lowest BCUT2D eigenvalue weighted by Crippen LogP contribution is -2.04. The highest BCUT2D eigenvalue weighted by Gasteiger charge is 2.00. The second kappa shape index (κ2) is 4.94. The van der Waals surface area contributed by atoms with Gasteiger partial charge in [0.1, 0.15) is 5.82 Å². The third-order valence-electron chi connectivity index (χ3n) is 2.31. The minimum absolute atomic E-state index is 0.462. The second-order valence-corrected chi connectivity index (χ2v) is 3.54. The molecule has 3 nitrogen and oxygen atoms in total. The molecule has 0 aliphatic heterocycles. The molecule has 0 radical (unpaired) electrons. The highest BCUT2D eigenvalue weighted by molar-refractivity contribution is 6.16. The number of aromatic nitrogens is 3. The van der Waals surface area contributed by atoms with Crippen LogP contribution in [0.3, 0.4) is 0 Å².